The van der Waals surface area contributed by atoms with Crippen molar-refractivity contribution in [1.82, 2.24) is 19.9 Å². The lowest BCUT2D eigenvalue weighted by Gasteiger charge is -1.91. The molecule has 3 aromatic heterocycles. The zero-order valence-electron chi connectivity index (χ0n) is 9.38. The van der Waals surface area contributed by atoms with Gasteiger partial charge in [0.2, 0.25) is 5.95 Å². The second-order valence-corrected chi connectivity index (χ2v) is 3.66. The number of hydrogen-bond donors (Lipinski definition) is 2. The van der Waals surface area contributed by atoms with Crippen molar-refractivity contribution in [1.29, 1.82) is 0 Å². The third-order valence-electron chi connectivity index (χ3n) is 2.44. The summed E-state index contributed by atoms with van der Waals surface area (Å²) in [4.78, 5) is 15.2. The minimum absolute atomic E-state index is 0.244. The number of H-pyrrole nitrogens is 1. The third-order valence-corrected chi connectivity index (χ3v) is 2.44. The van der Waals surface area contributed by atoms with Gasteiger partial charge in [0.1, 0.15) is 11.3 Å². The first-order valence-corrected chi connectivity index (χ1v) is 5.35. The number of hydrogen-bond acceptors (Lipinski definition) is 4. The van der Waals surface area contributed by atoms with Crippen LogP contribution in [0.1, 0.15) is 11.3 Å². The van der Waals surface area contributed by atoms with E-state index >= 15 is 0 Å². The molecule has 5 nitrogen and oxygen atoms in total. The van der Waals surface area contributed by atoms with Crippen LogP contribution < -0.4 is 5.73 Å². The molecule has 3 rings (SSSR count). The SMILES string of the molecule is Nc1ncc2c(C#Cc3ccccn3)c[nH]c2n1. The van der Waals surface area contributed by atoms with Gasteiger partial charge in [-0.1, -0.05) is 12.0 Å². The molecular weight excluding hydrogens is 226 g/mol. The molecule has 0 radical (unpaired) electrons. The predicted octanol–water partition coefficient (Wildman–Crippen LogP) is 1.33. The van der Waals surface area contributed by atoms with Crippen molar-refractivity contribution in [3.05, 3.63) is 48.0 Å². The van der Waals surface area contributed by atoms with Crippen LogP contribution in [0.3, 0.4) is 0 Å². The molecule has 18 heavy (non-hydrogen) atoms. The summed E-state index contributed by atoms with van der Waals surface area (Å²) in [5.74, 6) is 6.27. The van der Waals surface area contributed by atoms with Gasteiger partial charge in [-0.15, -0.1) is 0 Å². The standard InChI is InChI=1S/C13H9N5/c14-13-17-8-11-9(7-16-12(11)18-13)4-5-10-3-1-2-6-15-10/h1-3,6-8H,(H3,14,16,17,18). The minimum atomic E-state index is 0.244. The number of rotatable bonds is 0. The lowest BCUT2D eigenvalue weighted by atomic mass is 10.2. The first-order valence-electron chi connectivity index (χ1n) is 5.35. The first-order chi connectivity index (χ1) is 8.83. The van der Waals surface area contributed by atoms with Crippen LogP contribution in [0.4, 0.5) is 5.95 Å². The second kappa shape index (κ2) is 4.18. The quantitative estimate of drug-likeness (QED) is 0.576. The van der Waals surface area contributed by atoms with Gasteiger partial charge in [0.25, 0.3) is 0 Å². The Kier molecular flexibility index (Phi) is 2.39. The van der Waals surface area contributed by atoms with Crippen molar-refractivity contribution in [2.45, 2.75) is 0 Å². The molecule has 0 spiro atoms. The lowest BCUT2D eigenvalue weighted by molar-refractivity contribution is 1.22. The highest BCUT2D eigenvalue weighted by Gasteiger charge is 2.03. The fraction of sp³-hybridized carbons (Fsp3) is 0. The molecule has 86 valence electrons. The molecule has 0 aliphatic carbocycles. The molecular formula is C13H9N5. The van der Waals surface area contributed by atoms with Crippen LogP contribution in [-0.4, -0.2) is 19.9 Å². The monoisotopic (exact) mass is 235 g/mol. The van der Waals surface area contributed by atoms with Gasteiger partial charge in [-0.2, -0.15) is 4.98 Å². The molecule has 0 saturated heterocycles. The zero-order valence-corrected chi connectivity index (χ0v) is 9.38. The average molecular weight is 235 g/mol. The Morgan fingerprint density at radius 2 is 2.11 bits per heavy atom. The maximum absolute atomic E-state index is 5.51. The summed E-state index contributed by atoms with van der Waals surface area (Å²) in [7, 11) is 0. The number of fused-ring (bicyclic) bond motifs is 1. The summed E-state index contributed by atoms with van der Waals surface area (Å²) in [6.07, 6.45) is 5.16. The van der Waals surface area contributed by atoms with Gasteiger partial charge in [-0.25, -0.2) is 9.97 Å². The third kappa shape index (κ3) is 1.87. The van der Waals surface area contributed by atoms with Crippen LogP contribution in [-0.2, 0) is 0 Å². The van der Waals surface area contributed by atoms with Crippen molar-refractivity contribution in [3.63, 3.8) is 0 Å². The van der Waals surface area contributed by atoms with Crippen molar-refractivity contribution < 1.29 is 0 Å². The van der Waals surface area contributed by atoms with Gasteiger partial charge < -0.3 is 10.7 Å². The lowest BCUT2D eigenvalue weighted by Crippen LogP contribution is -1.93. The van der Waals surface area contributed by atoms with E-state index in [1.54, 1.807) is 18.6 Å². The number of nitrogens with zero attached hydrogens (tertiary/aromatic N) is 3. The molecule has 0 atom stereocenters. The van der Waals surface area contributed by atoms with E-state index in [2.05, 4.69) is 31.8 Å². The van der Waals surface area contributed by atoms with Gasteiger partial charge in [0.05, 0.1) is 10.9 Å². The summed E-state index contributed by atoms with van der Waals surface area (Å²) in [5, 5.41) is 0.854. The van der Waals surface area contributed by atoms with Crippen molar-refractivity contribution in [3.8, 4) is 11.8 Å². The summed E-state index contributed by atoms with van der Waals surface area (Å²) >= 11 is 0. The predicted molar refractivity (Wildman–Crippen MR) is 68.5 cm³/mol. The van der Waals surface area contributed by atoms with Crippen molar-refractivity contribution in [2.75, 3.05) is 5.73 Å². The van der Waals surface area contributed by atoms with Crippen LogP contribution in [0.25, 0.3) is 11.0 Å². The Morgan fingerprint density at radius 3 is 2.94 bits per heavy atom. The van der Waals surface area contributed by atoms with E-state index in [0.717, 1.165) is 16.6 Å². The van der Waals surface area contributed by atoms with Crippen LogP contribution in [0.5, 0.6) is 0 Å². The topological polar surface area (TPSA) is 80.5 Å². The van der Waals surface area contributed by atoms with Crippen LogP contribution in [0, 0.1) is 11.8 Å². The van der Waals surface area contributed by atoms with E-state index in [1.165, 1.54) is 0 Å². The molecule has 0 aromatic carbocycles. The van der Waals surface area contributed by atoms with E-state index in [0.29, 0.717) is 5.65 Å². The molecule has 3 N–H and O–H groups in total. The molecule has 5 heteroatoms. The Hall–Kier alpha value is -2.87. The van der Waals surface area contributed by atoms with E-state index in [1.807, 2.05) is 18.2 Å². The Labute approximate surface area is 103 Å². The smallest absolute Gasteiger partial charge is 0.221 e. The number of anilines is 1. The van der Waals surface area contributed by atoms with Crippen molar-refractivity contribution >= 4 is 17.0 Å². The van der Waals surface area contributed by atoms with Crippen molar-refractivity contribution in [2.24, 2.45) is 0 Å². The maximum Gasteiger partial charge on any atom is 0.221 e. The fourth-order valence-corrected chi connectivity index (χ4v) is 1.59. The molecule has 0 unspecified atom stereocenters. The van der Waals surface area contributed by atoms with Crippen LogP contribution in [0.15, 0.2) is 36.8 Å². The Bertz CT molecular complexity index is 749. The molecule has 0 saturated carbocycles. The largest absolute Gasteiger partial charge is 0.368 e. The Morgan fingerprint density at radius 1 is 1.17 bits per heavy atom. The number of nitrogens with one attached hydrogen (secondary N) is 1. The molecule has 3 heterocycles. The second-order valence-electron chi connectivity index (χ2n) is 3.66. The normalized spacial score (nSPS) is 10.0. The fourth-order valence-electron chi connectivity index (χ4n) is 1.59. The number of pyridine rings is 1. The summed E-state index contributed by atoms with van der Waals surface area (Å²) in [5.41, 5.74) is 7.75. The van der Waals surface area contributed by atoms with E-state index in [4.69, 9.17) is 5.73 Å². The number of nitrogens with two attached hydrogens (primary N) is 1. The molecule has 0 bridgehead atoms. The first kappa shape index (κ1) is 10.3. The molecule has 3 aromatic rings. The van der Waals surface area contributed by atoms with Gasteiger partial charge >= 0.3 is 0 Å². The molecule has 0 amide bonds. The molecule has 0 aliphatic rings. The van der Waals surface area contributed by atoms with Gasteiger partial charge in [-0.05, 0) is 18.1 Å². The highest BCUT2D eigenvalue weighted by atomic mass is 15.0. The minimum Gasteiger partial charge on any atom is -0.368 e. The van der Waals surface area contributed by atoms with Gasteiger partial charge in [0, 0.05) is 18.6 Å². The maximum atomic E-state index is 5.51. The zero-order chi connectivity index (χ0) is 12.4. The average Bonchev–Trinajstić information content (AvgIpc) is 2.80. The van der Waals surface area contributed by atoms with Crippen LogP contribution in [0.2, 0.25) is 0 Å². The van der Waals surface area contributed by atoms with E-state index in [9.17, 15) is 0 Å². The molecule has 0 fully saturated rings. The summed E-state index contributed by atoms with van der Waals surface area (Å²) in [6, 6.07) is 5.61. The number of aromatic nitrogens is 4. The van der Waals surface area contributed by atoms with E-state index < -0.39 is 0 Å². The van der Waals surface area contributed by atoms with E-state index in [-0.39, 0.29) is 5.95 Å². The van der Waals surface area contributed by atoms with Crippen LogP contribution >= 0.6 is 0 Å². The number of aromatic amines is 1. The highest BCUT2D eigenvalue weighted by Crippen LogP contribution is 2.14. The summed E-state index contributed by atoms with van der Waals surface area (Å²) < 4.78 is 0. The van der Waals surface area contributed by atoms with Gasteiger partial charge in [-0.3, -0.25) is 0 Å². The Balaban J connectivity index is 2.04. The number of nitrogen functional groups attached to an aromatic ring is 1. The van der Waals surface area contributed by atoms with Gasteiger partial charge in [0.15, 0.2) is 0 Å². The highest BCUT2D eigenvalue weighted by molar-refractivity contribution is 5.83. The molecule has 0 aliphatic heterocycles. The summed E-state index contributed by atoms with van der Waals surface area (Å²) in [6.45, 7) is 0.